The molecule has 1 atom stereocenters. The van der Waals surface area contributed by atoms with Gasteiger partial charge in [-0.2, -0.15) is 0 Å². The summed E-state index contributed by atoms with van der Waals surface area (Å²) in [6.45, 7) is 2.59. The second kappa shape index (κ2) is 5.45. The zero-order valence-corrected chi connectivity index (χ0v) is 11.4. The van der Waals surface area contributed by atoms with Gasteiger partial charge >= 0.3 is 0 Å². The molecule has 1 aromatic rings. The molecule has 2 nitrogen and oxygen atoms in total. The van der Waals surface area contributed by atoms with Crippen LogP contribution >= 0.6 is 11.6 Å². The van der Waals surface area contributed by atoms with Gasteiger partial charge in [-0.05, 0) is 37.5 Å². The summed E-state index contributed by atoms with van der Waals surface area (Å²) < 4.78 is 13.2. The average Bonchev–Trinajstić information content (AvgIpc) is 2.29. The van der Waals surface area contributed by atoms with Crippen molar-refractivity contribution in [3.63, 3.8) is 0 Å². The van der Waals surface area contributed by atoms with Crippen molar-refractivity contribution < 1.29 is 4.39 Å². The number of hydrogen-bond acceptors (Lipinski definition) is 2. The Bertz CT molecular complexity index is 420. The molecule has 1 unspecified atom stereocenters. The molecule has 18 heavy (non-hydrogen) atoms. The van der Waals surface area contributed by atoms with Crippen LogP contribution in [0.4, 0.5) is 10.1 Å². The van der Waals surface area contributed by atoms with Crippen LogP contribution in [-0.2, 0) is 0 Å². The van der Waals surface area contributed by atoms with Crippen LogP contribution in [0.5, 0.6) is 0 Å². The monoisotopic (exact) mass is 270 g/mol. The van der Waals surface area contributed by atoms with Crippen LogP contribution in [-0.4, -0.2) is 12.1 Å². The van der Waals surface area contributed by atoms with Crippen molar-refractivity contribution in [3.05, 3.63) is 29.0 Å². The fraction of sp³-hybridized carbons (Fsp3) is 0.571. The van der Waals surface area contributed by atoms with E-state index in [-0.39, 0.29) is 11.4 Å². The molecule has 0 saturated heterocycles. The highest BCUT2D eigenvalue weighted by molar-refractivity contribution is 6.33. The summed E-state index contributed by atoms with van der Waals surface area (Å²) in [6, 6.07) is 4.36. The van der Waals surface area contributed by atoms with E-state index in [2.05, 4.69) is 12.2 Å². The van der Waals surface area contributed by atoms with Gasteiger partial charge in [-0.15, -0.1) is 0 Å². The van der Waals surface area contributed by atoms with Crippen molar-refractivity contribution in [1.82, 2.24) is 0 Å². The number of rotatable bonds is 5. The van der Waals surface area contributed by atoms with Gasteiger partial charge in [-0.3, -0.25) is 0 Å². The lowest BCUT2D eigenvalue weighted by molar-refractivity contribution is 0.248. The van der Waals surface area contributed by atoms with E-state index in [4.69, 9.17) is 17.3 Å². The first kappa shape index (κ1) is 13.6. The maximum absolute atomic E-state index is 13.2. The lowest BCUT2D eigenvalue weighted by Gasteiger charge is -2.37. The van der Waals surface area contributed by atoms with Crippen LogP contribution in [0.15, 0.2) is 18.2 Å². The summed E-state index contributed by atoms with van der Waals surface area (Å²) in [4.78, 5) is 0. The number of benzene rings is 1. The Morgan fingerprint density at radius 2 is 2.22 bits per heavy atom. The Morgan fingerprint density at radius 3 is 2.78 bits per heavy atom. The van der Waals surface area contributed by atoms with Crippen LogP contribution in [0, 0.1) is 11.7 Å². The molecule has 0 bridgehead atoms. The second-order valence-corrected chi connectivity index (χ2v) is 5.92. The molecule has 0 heterocycles. The van der Waals surface area contributed by atoms with E-state index in [1.807, 2.05) is 0 Å². The third kappa shape index (κ3) is 3.15. The van der Waals surface area contributed by atoms with Gasteiger partial charge in [0.15, 0.2) is 0 Å². The summed E-state index contributed by atoms with van der Waals surface area (Å²) in [5.74, 6) is 0.448. The molecule has 0 aromatic heterocycles. The minimum atomic E-state index is -0.287. The highest BCUT2D eigenvalue weighted by Crippen LogP contribution is 2.35. The van der Waals surface area contributed by atoms with E-state index < -0.39 is 0 Å². The Labute approximate surface area is 113 Å². The number of nitrogens with one attached hydrogen (secondary N) is 1. The molecule has 1 saturated carbocycles. The Kier molecular flexibility index (Phi) is 4.13. The van der Waals surface area contributed by atoms with Gasteiger partial charge < -0.3 is 11.1 Å². The Hall–Kier alpha value is -0.800. The minimum Gasteiger partial charge on any atom is -0.377 e. The van der Waals surface area contributed by atoms with Gasteiger partial charge in [0.05, 0.1) is 10.7 Å². The molecule has 0 aliphatic heterocycles. The van der Waals surface area contributed by atoms with Crippen molar-refractivity contribution in [2.75, 3.05) is 11.9 Å². The highest BCUT2D eigenvalue weighted by Gasteiger charge is 2.30. The SMILES string of the molecule is CC(CN)(CC1CCC1)Nc1cc(F)ccc1Cl. The highest BCUT2D eigenvalue weighted by atomic mass is 35.5. The molecular weight excluding hydrogens is 251 g/mol. The number of hydrogen-bond donors (Lipinski definition) is 2. The molecule has 1 aliphatic rings. The van der Waals surface area contributed by atoms with E-state index in [1.54, 1.807) is 6.07 Å². The quantitative estimate of drug-likeness (QED) is 0.854. The largest absolute Gasteiger partial charge is 0.377 e. The van der Waals surface area contributed by atoms with Crippen molar-refractivity contribution in [2.45, 2.75) is 38.1 Å². The first-order chi connectivity index (χ1) is 8.52. The zero-order valence-electron chi connectivity index (χ0n) is 10.7. The van der Waals surface area contributed by atoms with Gasteiger partial charge in [-0.1, -0.05) is 30.9 Å². The van der Waals surface area contributed by atoms with Crippen LogP contribution in [0.1, 0.15) is 32.6 Å². The molecule has 4 heteroatoms. The van der Waals surface area contributed by atoms with Crippen molar-refractivity contribution in [2.24, 2.45) is 11.7 Å². The fourth-order valence-corrected chi connectivity index (χ4v) is 2.60. The van der Waals surface area contributed by atoms with E-state index in [0.29, 0.717) is 17.3 Å². The molecule has 0 amide bonds. The number of halogens is 2. The summed E-state index contributed by atoms with van der Waals surface area (Å²) in [7, 11) is 0. The van der Waals surface area contributed by atoms with Gasteiger partial charge in [0.2, 0.25) is 0 Å². The summed E-state index contributed by atoms with van der Waals surface area (Å²) in [6.07, 6.45) is 4.87. The molecule has 2 rings (SSSR count). The molecule has 0 radical (unpaired) electrons. The average molecular weight is 271 g/mol. The topological polar surface area (TPSA) is 38.0 Å². The number of anilines is 1. The lowest BCUT2D eigenvalue weighted by atomic mass is 9.76. The Balaban J connectivity index is 2.10. The van der Waals surface area contributed by atoms with Gasteiger partial charge in [-0.25, -0.2) is 4.39 Å². The molecule has 0 spiro atoms. The minimum absolute atomic E-state index is 0.220. The molecule has 1 aliphatic carbocycles. The predicted octanol–water partition coefficient (Wildman–Crippen LogP) is 3.80. The van der Waals surface area contributed by atoms with E-state index in [0.717, 1.165) is 12.3 Å². The third-order valence-corrected chi connectivity index (χ3v) is 4.11. The molecule has 1 aromatic carbocycles. The van der Waals surface area contributed by atoms with Crippen LogP contribution in [0.3, 0.4) is 0 Å². The van der Waals surface area contributed by atoms with Crippen LogP contribution in [0.25, 0.3) is 0 Å². The summed E-state index contributed by atoms with van der Waals surface area (Å²) >= 11 is 6.07. The van der Waals surface area contributed by atoms with Gasteiger partial charge in [0.25, 0.3) is 0 Å². The summed E-state index contributed by atoms with van der Waals surface area (Å²) in [5, 5.41) is 3.85. The number of nitrogens with two attached hydrogens (primary N) is 1. The normalized spacial score (nSPS) is 19.1. The van der Waals surface area contributed by atoms with Crippen molar-refractivity contribution in [1.29, 1.82) is 0 Å². The predicted molar refractivity (Wildman–Crippen MR) is 74.5 cm³/mol. The molecule has 100 valence electrons. The standard InChI is InChI=1S/C14H20ClFN2/c1-14(9-17,8-10-3-2-4-10)18-13-7-11(16)5-6-12(13)15/h5-7,10,18H,2-4,8-9,17H2,1H3. The molecular formula is C14H20ClFN2. The first-order valence-electron chi connectivity index (χ1n) is 6.46. The first-order valence-corrected chi connectivity index (χ1v) is 6.83. The van der Waals surface area contributed by atoms with Crippen LogP contribution in [0.2, 0.25) is 5.02 Å². The maximum Gasteiger partial charge on any atom is 0.125 e. The molecule has 1 fully saturated rings. The van der Waals surface area contributed by atoms with Gasteiger partial charge in [0, 0.05) is 12.1 Å². The van der Waals surface area contributed by atoms with E-state index >= 15 is 0 Å². The maximum atomic E-state index is 13.2. The Morgan fingerprint density at radius 1 is 1.50 bits per heavy atom. The third-order valence-electron chi connectivity index (χ3n) is 3.78. The van der Waals surface area contributed by atoms with Crippen molar-refractivity contribution in [3.8, 4) is 0 Å². The van der Waals surface area contributed by atoms with E-state index in [9.17, 15) is 4.39 Å². The zero-order chi connectivity index (χ0) is 13.2. The second-order valence-electron chi connectivity index (χ2n) is 5.52. The van der Waals surface area contributed by atoms with Crippen molar-refractivity contribution >= 4 is 17.3 Å². The van der Waals surface area contributed by atoms with E-state index in [1.165, 1.54) is 31.4 Å². The lowest BCUT2D eigenvalue weighted by Crippen LogP contribution is -2.45. The van der Waals surface area contributed by atoms with Gasteiger partial charge in [0.1, 0.15) is 5.82 Å². The smallest absolute Gasteiger partial charge is 0.125 e. The van der Waals surface area contributed by atoms with Crippen LogP contribution < -0.4 is 11.1 Å². The fourth-order valence-electron chi connectivity index (χ4n) is 2.44. The summed E-state index contributed by atoms with van der Waals surface area (Å²) in [5.41, 5.74) is 6.28. The molecule has 3 N–H and O–H groups in total.